The maximum absolute atomic E-state index is 11.8. The van der Waals surface area contributed by atoms with Gasteiger partial charge in [0, 0.05) is 67.7 Å². The summed E-state index contributed by atoms with van der Waals surface area (Å²) in [5, 5.41) is 14.0. The van der Waals surface area contributed by atoms with E-state index >= 15 is 0 Å². The van der Waals surface area contributed by atoms with Gasteiger partial charge in [0.15, 0.2) is 0 Å². The Morgan fingerprint density at radius 2 is 1.07 bits per heavy atom. The molecular weight excluding hydrogens is 753 g/mol. The summed E-state index contributed by atoms with van der Waals surface area (Å²) < 4.78 is 21.6. The number of azide groups is 3. The predicted molar refractivity (Wildman–Crippen MR) is 193 cm³/mol. The second-order valence-corrected chi connectivity index (χ2v) is 10.8. The summed E-state index contributed by atoms with van der Waals surface area (Å²) >= 11 is 0. The number of imide groups is 1. The monoisotopic (exact) mass is 788 g/mol. The normalized spacial score (nSPS) is 11.9. The first-order valence-electron chi connectivity index (χ1n) is 15.3. The molecule has 0 saturated carbocycles. The number of carbonyl (C=O) groups is 5. The number of nitrogens with zero attached hydrogens (tertiary/aromatic N) is 10. The van der Waals surface area contributed by atoms with E-state index in [-0.39, 0.29) is 63.2 Å². The van der Waals surface area contributed by atoms with E-state index in [2.05, 4.69) is 45.5 Å². The number of hydroxylamine groups is 2. The molecule has 286 valence electrons. The van der Waals surface area contributed by atoms with Crippen molar-refractivity contribution in [2.45, 2.75) is 32.4 Å². The average molecular weight is 789 g/mol. The third kappa shape index (κ3) is 18.1. The van der Waals surface area contributed by atoms with Crippen LogP contribution >= 0.6 is 0 Å². The zero-order valence-corrected chi connectivity index (χ0v) is 32.8. The summed E-state index contributed by atoms with van der Waals surface area (Å²) in [6.07, 6.45) is -0.571. The second-order valence-electron chi connectivity index (χ2n) is 9.69. The van der Waals surface area contributed by atoms with E-state index in [4.69, 9.17) is 22.3 Å². The van der Waals surface area contributed by atoms with Gasteiger partial charge in [0.2, 0.25) is 0 Å². The van der Waals surface area contributed by atoms with E-state index in [0.29, 0.717) is 35.6 Å². The van der Waals surface area contributed by atoms with Crippen molar-refractivity contribution in [2.24, 2.45) is 21.1 Å². The summed E-state index contributed by atoms with van der Waals surface area (Å²) in [5.74, 6) is -3.30. The fourth-order valence-electron chi connectivity index (χ4n) is 3.67. The number of nitrogens with two attached hydrogens (primary N) is 1. The van der Waals surface area contributed by atoms with Gasteiger partial charge in [-0.25, -0.2) is 4.79 Å². The van der Waals surface area contributed by atoms with E-state index in [1.807, 2.05) is 20.8 Å². The predicted octanol–water partition coefficient (Wildman–Crippen LogP) is 2.69. The molecule has 4 rings (SSSR count). The van der Waals surface area contributed by atoms with Crippen LogP contribution in [-0.2, 0) is 33.5 Å². The van der Waals surface area contributed by atoms with E-state index < -0.39 is 40.2 Å². The van der Waals surface area contributed by atoms with Crippen molar-refractivity contribution in [3.05, 3.63) is 121 Å². The summed E-state index contributed by atoms with van der Waals surface area (Å²) in [6, 6.07) is 18.1. The van der Waals surface area contributed by atoms with Crippen molar-refractivity contribution in [3.8, 4) is 0 Å². The number of nitrogens with one attached hydrogen (secondary N) is 2. The fourth-order valence-corrected chi connectivity index (χ4v) is 4.21. The molecule has 3 aromatic carbocycles. The molecule has 0 bridgehead atoms. The Hall–Kier alpha value is -5.99. The van der Waals surface area contributed by atoms with Crippen molar-refractivity contribution in [1.29, 1.82) is 0 Å². The number of hydrogen-bond acceptors (Lipinski definition) is 14. The van der Waals surface area contributed by atoms with Crippen LogP contribution in [0.3, 0.4) is 0 Å². The molecule has 22 nitrogen and oxygen atoms in total. The van der Waals surface area contributed by atoms with Crippen LogP contribution in [0.5, 0.6) is 0 Å². The SMILES string of the molecule is CCN.CCNC(=O)c1ccc(N=[N+]=[N-])cc1.CCNC(=O)c1ccc(N=[N+]=[N-])cc1.[N-]=[N+]=Nc1ccc(C(=O)ON2C(=O)CC([S-](=O)=O)C2=O)cc1.[Na+].[OH-]. The minimum Gasteiger partial charge on any atom is -0.870 e. The van der Waals surface area contributed by atoms with Gasteiger partial charge in [0.1, 0.15) is 0 Å². The van der Waals surface area contributed by atoms with E-state index in [1.54, 1.807) is 48.5 Å². The Morgan fingerprint density at radius 1 is 0.745 bits per heavy atom. The third-order valence-electron chi connectivity index (χ3n) is 5.99. The Kier molecular flexibility index (Phi) is 26.5. The number of benzene rings is 3. The molecule has 24 heteroatoms. The molecular formula is C31H35N13NaO9S-. The number of rotatable bonds is 10. The van der Waals surface area contributed by atoms with Crippen molar-refractivity contribution in [3.63, 3.8) is 0 Å². The molecule has 1 aliphatic rings. The Bertz CT molecular complexity index is 1880. The molecule has 1 atom stereocenters. The molecule has 1 aliphatic heterocycles. The van der Waals surface area contributed by atoms with Gasteiger partial charge in [-0.15, -0.1) is 5.06 Å². The van der Waals surface area contributed by atoms with Crippen LogP contribution in [0.1, 0.15) is 58.3 Å². The number of hydrogen-bond donors (Lipinski definition) is 3. The molecule has 0 aromatic heterocycles. The van der Waals surface area contributed by atoms with Crippen LogP contribution in [0.4, 0.5) is 17.1 Å². The van der Waals surface area contributed by atoms with Crippen LogP contribution in [0.2, 0.25) is 0 Å². The van der Waals surface area contributed by atoms with Crippen LogP contribution in [-0.4, -0.2) is 65.0 Å². The molecule has 1 fully saturated rings. The van der Waals surface area contributed by atoms with Crippen LogP contribution in [0, 0.1) is 0 Å². The molecule has 0 radical (unpaired) electrons. The topological polar surface area (TPSA) is 358 Å². The minimum absolute atomic E-state index is 0. The molecule has 0 spiro atoms. The summed E-state index contributed by atoms with van der Waals surface area (Å²) in [7, 11) is -2.78. The Morgan fingerprint density at radius 3 is 1.35 bits per heavy atom. The van der Waals surface area contributed by atoms with Gasteiger partial charge >= 0.3 is 35.5 Å². The van der Waals surface area contributed by atoms with E-state index in [1.165, 1.54) is 24.3 Å². The standard InChI is InChI=1S/C11H7N4O6S.2C9H10N4O.C2H7N.Na.H2O/c12-14-13-7-3-1-6(2-4-7)11(18)21-15-9(16)5-8(10(15)17)22(19)20;2*1-2-11-9(14)7-3-5-8(6-4-7)12-13-10;1-2-3;;/h1-4,8H,5H2;2*3-6H,2H2,1H3,(H,11,14);2-3H2,1H3;;1H2/q-1;;;;+1;/p-1. The summed E-state index contributed by atoms with van der Waals surface area (Å²) in [4.78, 5) is 70.0. The van der Waals surface area contributed by atoms with Crippen LogP contribution < -0.4 is 45.9 Å². The fraction of sp³-hybridized carbons (Fsp3) is 0.258. The molecule has 4 amide bonds. The molecule has 0 aliphatic carbocycles. The molecule has 3 aromatic rings. The third-order valence-corrected chi connectivity index (χ3v) is 6.82. The first-order chi connectivity index (χ1) is 25.4. The second kappa shape index (κ2) is 28.5. The Labute approximate surface area is 337 Å². The quantitative estimate of drug-likeness (QED) is 0.0673. The smallest absolute Gasteiger partial charge is 0.870 e. The minimum atomic E-state index is -2.78. The van der Waals surface area contributed by atoms with Crippen molar-refractivity contribution < 1.29 is 72.3 Å². The summed E-state index contributed by atoms with van der Waals surface area (Å²) in [6.45, 7) is 7.55. The van der Waals surface area contributed by atoms with E-state index in [0.717, 1.165) is 6.54 Å². The summed E-state index contributed by atoms with van der Waals surface area (Å²) in [5.41, 5.74) is 31.8. The van der Waals surface area contributed by atoms with Gasteiger partial charge in [-0.05, 0) is 73.4 Å². The molecule has 5 N–H and O–H groups in total. The first kappa shape index (κ1) is 51.1. The van der Waals surface area contributed by atoms with Gasteiger partial charge in [-0.2, -0.15) is 0 Å². The van der Waals surface area contributed by atoms with Crippen molar-refractivity contribution >= 4 is 57.4 Å². The maximum Gasteiger partial charge on any atom is 1.00 e. The molecule has 1 unspecified atom stereocenters. The maximum atomic E-state index is 11.8. The molecule has 55 heavy (non-hydrogen) atoms. The number of carbonyl (C=O) groups excluding carboxylic acids is 5. The van der Waals surface area contributed by atoms with Gasteiger partial charge < -0.3 is 35.1 Å². The molecule has 1 saturated heterocycles. The molecule has 1 heterocycles. The zero-order valence-electron chi connectivity index (χ0n) is 30.0. The van der Waals surface area contributed by atoms with Gasteiger partial charge in [-0.3, -0.25) is 19.2 Å². The van der Waals surface area contributed by atoms with Gasteiger partial charge in [-0.1, -0.05) is 69.4 Å². The van der Waals surface area contributed by atoms with E-state index in [9.17, 15) is 32.4 Å². The Balaban J connectivity index is 0. The van der Waals surface area contributed by atoms with Crippen LogP contribution in [0.25, 0.3) is 31.3 Å². The zero-order chi connectivity index (χ0) is 39.8. The largest absolute Gasteiger partial charge is 1.00 e. The van der Waals surface area contributed by atoms with Gasteiger partial charge in [0.25, 0.3) is 23.6 Å². The van der Waals surface area contributed by atoms with Crippen LogP contribution in [0.15, 0.2) is 88.1 Å². The van der Waals surface area contributed by atoms with Gasteiger partial charge in [0.05, 0.1) is 5.56 Å². The average Bonchev–Trinajstić information content (AvgIpc) is 3.43. The van der Waals surface area contributed by atoms with Crippen molar-refractivity contribution in [2.75, 3.05) is 19.6 Å². The van der Waals surface area contributed by atoms with Crippen molar-refractivity contribution in [1.82, 2.24) is 15.7 Å². The number of amides is 4. The first-order valence-corrected chi connectivity index (χ1v) is 16.4.